The molecule has 28 heavy (non-hydrogen) atoms. The number of hydrogen-bond donors (Lipinski definition) is 2. The van der Waals surface area contributed by atoms with Crippen molar-refractivity contribution in [1.29, 1.82) is 0 Å². The Morgan fingerprint density at radius 1 is 1.14 bits per heavy atom. The van der Waals surface area contributed by atoms with Crippen molar-refractivity contribution >= 4 is 39.1 Å². The third-order valence-electron chi connectivity index (χ3n) is 4.52. The van der Waals surface area contributed by atoms with Crippen LogP contribution in [0.4, 0.5) is 20.2 Å². The quantitative estimate of drug-likeness (QED) is 0.629. The second-order valence-electron chi connectivity index (χ2n) is 6.80. The maximum atomic E-state index is 12.8. The fourth-order valence-electron chi connectivity index (χ4n) is 2.80. The van der Waals surface area contributed by atoms with Gasteiger partial charge in [-0.15, -0.1) is 0 Å². The Balaban J connectivity index is 1.77. The molecule has 3 rings (SSSR count). The summed E-state index contributed by atoms with van der Waals surface area (Å²) in [5, 5.41) is 2.76. The van der Waals surface area contributed by atoms with Crippen molar-refractivity contribution < 1.29 is 22.0 Å². The van der Waals surface area contributed by atoms with Crippen LogP contribution in [0.15, 0.2) is 52.3 Å². The van der Waals surface area contributed by atoms with Crippen LogP contribution in [0.1, 0.15) is 18.9 Å². The van der Waals surface area contributed by atoms with Crippen molar-refractivity contribution in [2.24, 2.45) is 11.8 Å². The smallest absolute Gasteiger partial charge is 0.288 e. The molecule has 0 bridgehead atoms. The van der Waals surface area contributed by atoms with Gasteiger partial charge in [0, 0.05) is 22.2 Å². The maximum Gasteiger partial charge on any atom is 0.288 e. The highest BCUT2D eigenvalue weighted by Crippen LogP contribution is 2.38. The van der Waals surface area contributed by atoms with E-state index in [1.807, 2.05) is 6.92 Å². The Kier molecular flexibility index (Phi) is 5.95. The molecule has 0 aliphatic heterocycles. The summed E-state index contributed by atoms with van der Waals surface area (Å²) in [5.74, 6) is -2.33. The summed E-state index contributed by atoms with van der Waals surface area (Å²) in [7, 11) is -3.91. The van der Waals surface area contributed by atoms with Crippen molar-refractivity contribution in [3.8, 4) is 0 Å². The van der Waals surface area contributed by atoms with Crippen LogP contribution in [-0.4, -0.2) is 20.1 Å². The molecule has 2 N–H and O–H groups in total. The highest BCUT2D eigenvalue weighted by molar-refractivity contribution is 7.99. The van der Waals surface area contributed by atoms with Crippen molar-refractivity contribution in [3.05, 3.63) is 48.0 Å². The van der Waals surface area contributed by atoms with Gasteiger partial charge in [0.1, 0.15) is 0 Å². The fourth-order valence-corrected chi connectivity index (χ4v) is 4.63. The first-order chi connectivity index (χ1) is 13.2. The normalized spacial score (nSPS) is 18.8. The zero-order chi connectivity index (χ0) is 20.5. The lowest BCUT2D eigenvalue weighted by atomic mass is 10.2. The molecule has 1 aliphatic rings. The molecule has 150 valence electrons. The predicted molar refractivity (Wildman–Crippen MR) is 106 cm³/mol. The fraction of sp³-hybridized carbons (Fsp3) is 0.316. The van der Waals surface area contributed by atoms with Gasteiger partial charge in [0.2, 0.25) is 5.91 Å². The first-order valence-electron chi connectivity index (χ1n) is 8.65. The van der Waals surface area contributed by atoms with Crippen LogP contribution in [0.3, 0.4) is 0 Å². The molecule has 0 radical (unpaired) electrons. The number of amides is 1. The number of nitrogens with one attached hydrogen (secondary N) is 2. The van der Waals surface area contributed by atoms with Crippen molar-refractivity contribution in [3.63, 3.8) is 0 Å². The number of alkyl halides is 2. The third-order valence-corrected chi connectivity index (χ3v) is 6.77. The van der Waals surface area contributed by atoms with Crippen LogP contribution in [0, 0.1) is 18.8 Å². The van der Waals surface area contributed by atoms with E-state index >= 15 is 0 Å². The van der Waals surface area contributed by atoms with E-state index in [4.69, 9.17) is 0 Å². The lowest BCUT2D eigenvalue weighted by molar-refractivity contribution is -0.117. The summed E-state index contributed by atoms with van der Waals surface area (Å²) < 4.78 is 52.8. The Morgan fingerprint density at radius 2 is 1.75 bits per heavy atom. The summed E-state index contributed by atoms with van der Waals surface area (Å²) in [6, 6.07) is 10.4. The lowest BCUT2D eigenvalue weighted by Crippen LogP contribution is -2.17. The third kappa shape index (κ3) is 5.02. The van der Waals surface area contributed by atoms with Gasteiger partial charge in [-0.05, 0) is 61.2 Å². The molecule has 0 saturated heterocycles. The van der Waals surface area contributed by atoms with E-state index in [9.17, 15) is 22.0 Å². The Hall–Kier alpha value is -2.13. The molecule has 9 heteroatoms. The highest BCUT2D eigenvalue weighted by Gasteiger charge is 2.39. The first kappa shape index (κ1) is 20.6. The SMILES string of the molecule is Cc1ccc(NC(=O)[C@H]2C[C@H]2C)cc1S(=O)(=O)Nc1ccc(SC(F)F)cc1. The number of benzene rings is 2. The molecule has 0 heterocycles. The maximum absolute atomic E-state index is 12.8. The minimum absolute atomic E-state index is 0.0240. The van der Waals surface area contributed by atoms with Gasteiger partial charge in [-0.2, -0.15) is 8.78 Å². The standard InChI is InChI=1S/C19H20F2N2O3S2/c1-11-3-4-14(22-18(24)16-9-12(16)2)10-17(11)28(25,26)23-13-5-7-15(8-6-13)27-19(20)21/h3-8,10,12,16,19,23H,9H2,1-2H3,(H,22,24)/t12-,16+/m1/s1. The van der Waals surface area contributed by atoms with Gasteiger partial charge in [-0.1, -0.05) is 24.8 Å². The highest BCUT2D eigenvalue weighted by atomic mass is 32.2. The number of thioether (sulfide) groups is 1. The van der Waals surface area contributed by atoms with Crippen molar-refractivity contribution in [1.82, 2.24) is 0 Å². The molecule has 1 fully saturated rings. The number of carbonyl (C=O) groups is 1. The topological polar surface area (TPSA) is 75.3 Å². The minimum atomic E-state index is -3.91. The van der Waals surface area contributed by atoms with Gasteiger partial charge in [0.05, 0.1) is 4.90 Å². The number of sulfonamides is 1. The van der Waals surface area contributed by atoms with Gasteiger partial charge in [0.15, 0.2) is 0 Å². The zero-order valence-electron chi connectivity index (χ0n) is 15.3. The Bertz CT molecular complexity index is 979. The summed E-state index contributed by atoms with van der Waals surface area (Å²) in [6.07, 6.45) is 0.838. The van der Waals surface area contributed by atoms with Gasteiger partial charge in [-0.3, -0.25) is 9.52 Å². The van der Waals surface area contributed by atoms with E-state index in [0.717, 1.165) is 6.42 Å². The number of halogens is 2. The molecule has 5 nitrogen and oxygen atoms in total. The molecule has 0 aromatic heterocycles. The average molecular weight is 427 g/mol. The lowest BCUT2D eigenvalue weighted by Gasteiger charge is -2.13. The molecule has 1 aliphatic carbocycles. The molecular formula is C19H20F2N2O3S2. The number of anilines is 2. The van der Waals surface area contributed by atoms with Gasteiger partial charge < -0.3 is 5.32 Å². The summed E-state index contributed by atoms with van der Waals surface area (Å²) >= 11 is 0.388. The largest absolute Gasteiger partial charge is 0.326 e. The first-order valence-corrected chi connectivity index (χ1v) is 11.0. The molecule has 0 unspecified atom stereocenters. The molecule has 2 aromatic carbocycles. The van der Waals surface area contributed by atoms with Gasteiger partial charge in [0.25, 0.3) is 15.8 Å². The Labute approximate surface area is 167 Å². The average Bonchev–Trinajstić information content (AvgIpc) is 3.34. The number of hydrogen-bond acceptors (Lipinski definition) is 4. The van der Waals surface area contributed by atoms with Crippen LogP contribution in [0.25, 0.3) is 0 Å². The Morgan fingerprint density at radius 3 is 2.32 bits per heavy atom. The van der Waals surface area contributed by atoms with E-state index in [1.54, 1.807) is 19.1 Å². The van der Waals surface area contributed by atoms with Crippen LogP contribution in [0.2, 0.25) is 0 Å². The van der Waals surface area contributed by atoms with E-state index < -0.39 is 15.8 Å². The molecule has 2 aromatic rings. The summed E-state index contributed by atoms with van der Waals surface area (Å²) in [4.78, 5) is 12.5. The van der Waals surface area contributed by atoms with Crippen LogP contribution >= 0.6 is 11.8 Å². The summed E-state index contributed by atoms with van der Waals surface area (Å²) in [6.45, 7) is 3.65. The van der Waals surface area contributed by atoms with Crippen molar-refractivity contribution in [2.75, 3.05) is 10.0 Å². The predicted octanol–water partition coefficient (Wildman–Crippen LogP) is 4.71. The van der Waals surface area contributed by atoms with Gasteiger partial charge >= 0.3 is 0 Å². The molecule has 0 spiro atoms. The second-order valence-corrected chi connectivity index (χ2v) is 9.51. The second kappa shape index (κ2) is 8.08. The molecular weight excluding hydrogens is 406 g/mol. The molecule has 1 saturated carbocycles. The van der Waals surface area contributed by atoms with Crippen LogP contribution in [0.5, 0.6) is 0 Å². The van der Waals surface area contributed by atoms with E-state index in [0.29, 0.717) is 33.8 Å². The van der Waals surface area contributed by atoms with E-state index in [1.165, 1.54) is 30.3 Å². The monoisotopic (exact) mass is 426 g/mol. The number of carbonyl (C=O) groups excluding carboxylic acids is 1. The summed E-state index contributed by atoms with van der Waals surface area (Å²) in [5.41, 5.74) is 1.20. The van der Waals surface area contributed by atoms with E-state index in [2.05, 4.69) is 10.0 Å². The van der Waals surface area contributed by atoms with Crippen molar-refractivity contribution in [2.45, 2.75) is 35.8 Å². The molecule has 2 atom stereocenters. The number of rotatable bonds is 7. The molecule has 1 amide bonds. The number of aryl methyl sites for hydroxylation is 1. The van der Waals surface area contributed by atoms with Crippen LogP contribution < -0.4 is 10.0 Å². The zero-order valence-corrected chi connectivity index (χ0v) is 16.9. The van der Waals surface area contributed by atoms with Gasteiger partial charge in [-0.25, -0.2) is 8.42 Å². The van der Waals surface area contributed by atoms with Crippen LogP contribution in [-0.2, 0) is 14.8 Å². The minimum Gasteiger partial charge on any atom is -0.326 e. The van der Waals surface area contributed by atoms with E-state index in [-0.39, 0.29) is 22.4 Å².